The highest BCUT2D eigenvalue weighted by Crippen LogP contribution is 2.31. The molecule has 1 aliphatic rings. The molecule has 0 spiro atoms. The topological polar surface area (TPSA) is 70.1 Å². The van der Waals surface area contributed by atoms with Gasteiger partial charge >= 0.3 is 0 Å². The van der Waals surface area contributed by atoms with E-state index >= 15 is 0 Å². The molecule has 3 aromatic rings. The zero-order valence-electron chi connectivity index (χ0n) is 15.5. The summed E-state index contributed by atoms with van der Waals surface area (Å²) in [6.07, 6.45) is 0. The summed E-state index contributed by atoms with van der Waals surface area (Å²) in [5.74, 6) is 0.987. The Morgan fingerprint density at radius 1 is 1.11 bits per heavy atom. The van der Waals surface area contributed by atoms with Gasteiger partial charge in [0.1, 0.15) is 15.7 Å². The number of aromatic hydroxyl groups is 1. The van der Waals surface area contributed by atoms with Gasteiger partial charge in [0.15, 0.2) is 0 Å². The zero-order valence-corrected chi connectivity index (χ0v) is 17.2. The van der Waals surface area contributed by atoms with E-state index in [-0.39, 0.29) is 5.75 Å². The quantitative estimate of drug-likeness (QED) is 0.689. The molecule has 2 heterocycles. The minimum Gasteiger partial charge on any atom is -0.508 e. The first-order valence-electron chi connectivity index (χ1n) is 9.03. The van der Waals surface area contributed by atoms with Gasteiger partial charge in [0.25, 0.3) is 10.0 Å². The lowest BCUT2D eigenvalue weighted by Crippen LogP contribution is -2.48. The number of ether oxygens (including phenoxy) is 1. The van der Waals surface area contributed by atoms with E-state index in [2.05, 4.69) is 4.90 Å². The Hall–Kier alpha value is -2.13. The summed E-state index contributed by atoms with van der Waals surface area (Å²) in [6, 6.07) is 12.8. The van der Waals surface area contributed by atoms with Crippen molar-refractivity contribution in [3.63, 3.8) is 0 Å². The normalized spacial score (nSPS) is 16.5. The van der Waals surface area contributed by atoms with Crippen molar-refractivity contribution in [2.24, 2.45) is 0 Å². The number of rotatable bonds is 5. The van der Waals surface area contributed by atoms with Crippen molar-refractivity contribution >= 4 is 32.1 Å². The molecule has 1 N–H and O–H groups in total. The number of fused-ring (bicyclic) bond motifs is 1. The third kappa shape index (κ3) is 3.60. The van der Waals surface area contributed by atoms with Gasteiger partial charge in [0.05, 0.1) is 7.11 Å². The standard InChI is InChI=1S/C20H22N2O4S2/c1-26-16-6-4-15-5-7-19(23)18(17(15)13-16)14-21-8-10-22(11-9-21)28(24,25)20-3-2-12-27-20/h2-7,12-13,23H,8-11,14H2,1H3. The summed E-state index contributed by atoms with van der Waals surface area (Å²) in [7, 11) is -1.79. The van der Waals surface area contributed by atoms with E-state index in [9.17, 15) is 13.5 Å². The summed E-state index contributed by atoms with van der Waals surface area (Å²) >= 11 is 1.25. The minimum absolute atomic E-state index is 0.245. The Bertz CT molecular complexity index is 1070. The summed E-state index contributed by atoms with van der Waals surface area (Å²) < 4.78 is 32.6. The van der Waals surface area contributed by atoms with Crippen molar-refractivity contribution in [1.29, 1.82) is 0 Å². The molecule has 0 unspecified atom stereocenters. The number of methoxy groups -OCH3 is 1. The molecule has 1 fully saturated rings. The molecule has 2 aromatic carbocycles. The van der Waals surface area contributed by atoms with Crippen molar-refractivity contribution in [2.75, 3.05) is 33.3 Å². The van der Waals surface area contributed by atoms with Crippen LogP contribution < -0.4 is 4.74 Å². The van der Waals surface area contributed by atoms with E-state index in [1.807, 2.05) is 24.3 Å². The summed E-state index contributed by atoms with van der Waals surface area (Å²) in [6.45, 7) is 2.67. The number of benzene rings is 2. The van der Waals surface area contributed by atoms with Gasteiger partial charge in [-0.3, -0.25) is 4.90 Å². The van der Waals surface area contributed by atoms with Crippen molar-refractivity contribution in [1.82, 2.24) is 9.21 Å². The number of sulfonamides is 1. The molecule has 0 atom stereocenters. The maximum absolute atomic E-state index is 12.7. The van der Waals surface area contributed by atoms with E-state index in [1.54, 1.807) is 35.0 Å². The molecule has 1 saturated heterocycles. The van der Waals surface area contributed by atoms with Gasteiger partial charge in [0.2, 0.25) is 0 Å². The van der Waals surface area contributed by atoms with Gasteiger partial charge in [-0.25, -0.2) is 8.42 Å². The first-order valence-corrected chi connectivity index (χ1v) is 11.4. The SMILES string of the molecule is COc1ccc2ccc(O)c(CN3CCN(S(=O)(=O)c4cccs4)CC3)c2c1. The van der Waals surface area contributed by atoms with Crippen molar-refractivity contribution < 1.29 is 18.3 Å². The lowest BCUT2D eigenvalue weighted by atomic mass is 10.0. The lowest BCUT2D eigenvalue weighted by Gasteiger charge is -2.34. The van der Waals surface area contributed by atoms with Gasteiger partial charge < -0.3 is 9.84 Å². The molecular weight excluding hydrogens is 396 g/mol. The fraction of sp³-hybridized carbons (Fsp3) is 0.300. The van der Waals surface area contributed by atoms with Gasteiger partial charge in [-0.1, -0.05) is 18.2 Å². The van der Waals surface area contributed by atoms with Crippen LogP contribution in [0.4, 0.5) is 0 Å². The van der Waals surface area contributed by atoms with Gasteiger partial charge in [-0.15, -0.1) is 11.3 Å². The molecular formula is C20H22N2O4S2. The number of nitrogens with zero attached hydrogens (tertiary/aromatic N) is 2. The van der Waals surface area contributed by atoms with Crippen LogP contribution in [0.5, 0.6) is 11.5 Å². The highest BCUT2D eigenvalue weighted by molar-refractivity contribution is 7.91. The number of thiophene rings is 1. The van der Waals surface area contributed by atoms with Crippen molar-refractivity contribution in [3.8, 4) is 11.5 Å². The Balaban J connectivity index is 1.52. The van der Waals surface area contributed by atoms with Gasteiger partial charge in [-0.05, 0) is 40.4 Å². The van der Waals surface area contributed by atoms with Crippen molar-refractivity contribution in [2.45, 2.75) is 10.8 Å². The lowest BCUT2D eigenvalue weighted by molar-refractivity contribution is 0.181. The molecule has 0 saturated carbocycles. The van der Waals surface area contributed by atoms with Gasteiger partial charge in [0, 0.05) is 38.3 Å². The third-order valence-corrected chi connectivity index (χ3v) is 8.39. The maximum atomic E-state index is 12.7. The second-order valence-electron chi connectivity index (χ2n) is 6.76. The van der Waals surface area contributed by atoms with E-state index in [1.165, 1.54) is 11.3 Å². The average Bonchev–Trinajstić information content (AvgIpc) is 3.26. The van der Waals surface area contributed by atoms with Crippen LogP contribution in [0.2, 0.25) is 0 Å². The van der Waals surface area contributed by atoms with Crippen LogP contribution >= 0.6 is 11.3 Å². The van der Waals surface area contributed by atoms with Crippen LogP contribution in [0.15, 0.2) is 52.1 Å². The van der Waals surface area contributed by atoms with Crippen LogP contribution in [0.3, 0.4) is 0 Å². The Morgan fingerprint density at radius 3 is 2.54 bits per heavy atom. The summed E-state index contributed by atoms with van der Waals surface area (Å²) in [5, 5.41) is 14.2. The van der Waals surface area contributed by atoms with E-state index in [0.29, 0.717) is 36.9 Å². The zero-order chi connectivity index (χ0) is 19.7. The molecule has 1 aliphatic heterocycles. The minimum atomic E-state index is -3.41. The fourth-order valence-corrected chi connectivity index (χ4v) is 6.10. The molecule has 28 heavy (non-hydrogen) atoms. The predicted molar refractivity (Wildman–Crippen MR) is 111 cm³/mol. The number of piperazine rings is 1. The Labute approximate surface area is 168 Å². The third-order valence-electron chi connectivity index (χ3n) is 5.12. The molecule has 8 heteroatoms. The van der Waals surface area contributed by atoms with E-state index < -0.39 is 10.0 Å². The molecule has 4 rings (SSSR count). The number of hydrogen-bond acceptors (Lipinski definition) is 6. The molecule has 0 amide bonds. The molecule has 0 bridgehead atoms. The average molecular weight is 419 g/mol. The second kappa shape index (κ2) is 7.71. The summed E-state index contributed by atoms with van der Waals surface area (Å²) in [4.78, 5) is 2.18. The summed E-state index contributed by atoms with van der Waals surface area (Å²) in [5.41, 5.74) is 0.839. The monoisotopic (exact) mass is 418 g/mol. The molecule has 6 nitrogen and oxygen atoms in total. The van der Waals surface area contributed by atoms with Crippen LogP contribution in [-0.4, -0.2) is 56.0 Å². The van der Waals surface area contributed by atoms with Crippen LogP contribution in [0.1, 0.15) is 5.56 Å². The van der Waals surface area contributed by atoms with Crippen LogP contribution in [0, 0.1) is 0 Å². The smallest absolute Gasteiger partial charge is 0.252 e. The number of phenolic OH excluding ortho intramolecular Hbond substituents is 1. The Kier molecular flexibility index (Phi) is 5.29. The highest BCUT2D eigenvalue weighted by Gasteiger charge is 2.29. The van der Waals surface area contributed by atoms with Crippen molar-refractivity contribution in [3.05, 3.63) is 53.4 Å². The van der Waals surface area contributed by atoms with Crippen LogP contribution in [-0.2, 0) is 16.6 Å². The molecule has 0 aliphatic carbocycles. The predicted octanol–water partition coefficient (Wildman–Crippen LogP) is 3.12. The largest absolute Gasteiger partial charge is 0.508 e. The molecule has 148 valence electrons. The Morgan fingerprint density at radius 2 is 1.86 bits per heavy atom. The van der Waals surface area contributed by atoms with E-state index in [4.69, 9.17) is 4.74 Å². The first kappa shape index (κ1) is 19.2. The first-order chi connectivity index (χ1) is 13.5. The van der Waals surface area contributed by atoms with E-state index in [0.717, 1.165) is 22.1 Å². The van der Waals surface area contributed by atoms with Crippen LogP contribution in [0.25, 0.3) is 10.8 Å². The maximum Gasteiger partial charge on any atom is 0.252 e. The molecule has 1 aromatic heterocycles. The fourth-order valence-electron chi connectivity index (χ4n) is 3.53. The number of phenols is 1. The highest BCUT2D eigenvalue weighted by atomic mass is 32.2. The second-order valence-corrected chi connectivity index (χ2v) is 9.88. The van der Waals surface area contributed by atoms with Gasteiger partial charge in [-0.2, -0.15) is 4.31 Å². The molecule has 0 radical (unpaired) electrons. The number of hydrogen-bond donors (Lipinski definition) is 1.